The van der Waals surface area contributed by atoms with Gasteiger partial charge < -0.3 is 10.4 Å². The van der Waals surface area contributed by atoms with E-state index in [1.807, 2.05) is 30.3 Å². The summed E-state index contributed by atoms with van der Waals surface area (Å²) in [5.74, 6) is -0.896. The second-order valence-electron chi connectivity index (χ2n) is 6.58. The van der Waals surface area contributed by atoms with Gasteiger partial charge in [0, 0.05) is 18.1 Å². The molecule has 0 aliphatic heterocycles. The zero-order valence-corrected chi connectivity index (χ0v) is 14.2. The zero-order valence-electron chi connectivity index (χ0n) is 13.5. The molecule has 0 saturated heterocycles. The molecule has 23 heavy (non-hydrogen) atoms. The van der Waals surface area contributed by atoms with E-state index < -0.39 is 5.97 Å². The van der Waals surface area contributed by atoms with Gasteiger partial charge in [0.1, 0.15) is 0 Å². The molecule has 0 saturated carbocycles. The first-order valence-corrected chi connectivity index (χ1v) is 8.01. The fourth-order valence-electron chi connectivity index (χ4n) is 2.57. The Kier molecular flexibility index (Phi) is 5.80. The van der Waals surface area contributed by atoms with Gasteiger partial charge in [0.25, 0.3) is 0 Å². The molecular formula is C19H22ClNO2. The van der Waals surface area contributed by atoms with Crippen LogP contribution in [-0.2, 0) is 13.0 Å². The number of rotatable bonds is 7. The highest BCUT2D eigenvalue weighted by molar-refractivity contribution is 6.30. The van der Waals surface area contributed by atoms with Crippen LogP contribution in [0.2, 0.25) is 5.02 Å². The number of hydrogen-bond donors (Lipinski definition) is 2. The third-order valence-corrected chi connectivity index (χ3v) is 3.94. The maximum atomic E-state index is 10.8. The number of halogens is 1. The molecule has 0 atom stereocenters. The molecule has 0 aliphatic carbocycles. The van der Waals surface area contributed by atoms with E-state index >= 15 is 0 Å². The Morgan fingerprint density at radius 2 is 1.83 bits per heavy atom. The molecule has 0 amide bonds. The summed E-state index contributed by atoms with van der Waals surface area (Å²) < 4.78 is 0. The van der Waals surface area contributed by atoms with Crippen molar-refractivity contribution in [2.75, 3.05) is 6.54 Å². The van der Waals surface area contributed by atoms with E-state index in [-0.39, 0.29) is 5.41 Å². The number of aromatic carboxylic acids is 1. The Morgan fingerprint density at radius 1 is 1.13 bits per heavy atom. The van der Waals surface area contributed by atoms with Crippen LogP contribution in [-0.4, -0.2) is 17.6 Å². The molecule has 0 unspecified atom stereocenters. The molecule has 0 heterocycles. The first-order chi connectivity index (χ1) is 10.9. The summed E-state index contributed by atoms with van der Waals surface area (Å²) in [5.41, 5.74) is 2.73. The summed E-state index contributed by atoms with van der Waals surface area (Å²) >= 11 is 6.04. The lowest BCUT2D eigenvalue weighted by atomic mass is 9.85. The van der Waals surface area contributed by atoms with Gasteiger partial charge in [0.2, 0.25) is 0 Å². The summed E-state index contributed by atoms with van der Waals surface area (Å²) in [5, 5.41) is 13.1. The lowest BCUT2D eigenvalue weighted by Crippen LogP contribution is -2.30. The fourth-order valence-corrected chi connectivity index (χ4v) is 2.79. The number of carboxylic acids is 1. The van der Waals surface area contributed by atoms with E-state index in [1.165, 1.54) is 5.56 Å². The SMILES string of the molecule is CC(C)(CNCc1ccc(C(=O)O)cc1)Cc1cccc(Cl)c1. The largest absolute Gasteiger partial charge is 0.478 e. The van der Waals surface area contributed by atoms with E-state index in [4.69, 9.17) is 16.7 Å². The predicted octanol–water partition coefficient (Wildman–Crippen LogP) is 4.40. The third kappa shape index (κ3) is 5.70. The van der Waals surface area contributed by atoms with Crippen molar-refractivity contribution >= 4 is 17.6 Å². The molecule has 0 bridgehead atoms. The van der Waals surface area contributed by atoms with Crippen molar-refractivity contribution in [3.63, 3.8) is 0 Å². The van der Waals surface area contributed by atoms with Gasteiger partial charge in [-0.3, -0.25) is 0 Å². The van der Waals surface area contributed by atoms with Crippen molar-refractivity contribution in [2.24, 2.45) is 5.41 Å². The Bertz CT molecular complexity index is 665. The van der Waals surface area contributed by atoms with E-state index in [0.717, 1.165) is 30.1 Å². The van der Waals surface area contributed by atoms with Crippen LogP contribution >= 0.6 is 11.6 Å². The maximum Gasteiger partial charge on any atom is 0.335 e. The van der Waals surface area contributed by atoms with Crippen molar-refractivity contribution in [1.29, 1.82) is 0 Å². The first kappa shape index (κ1) is 17.5. The van der Waals surface area contributed by atoms with Crippen LogP contribution in [0.15, 0.2) is 48.5 Å². The minimum Gasteiger partial charge on any atom is -0.478 e. The van der Waals surface area contributed by atoms with Crippen LogP contribution in [0.5, 0.6) is 0 Å². The lowest BCUT2D eigenvalue weighted by molar-refractivity contribution is 0.0697. The lowest BCUT2D eigenvalue weighted by Gasteiger charge is -2.25. The molecule has 2 aromatic rings. The highest BCUT2D eigenvalue weighted by atomic mass is 35.5. The minimum absolute atomic E-state index is 0.103. The molecular weight excluding hydrogens is 310 g/mol. The van der Waals surface area contributed by atoms with Crippen LogP contribution in [0, 0.1) is 5.41 Å². The molecule has 4 heteroatoms. The molecule has 122 valence electrons. The molecule has 0 aliphatic rings. The topological polar surface area (TPSA) is 49.3 Å². The second kappa shape index (κ2) is 7.62. The number of carboxylic acid groups (broad SMARTS) is 1. The molecule has 2 N–H and O–H groups in total. The third-order valence-electron chi connectivity index (χ3n) is 3.71. The van der Waals surface area contributed by atoms with Crippen molar-refractivity contribution < 1.29 is 9.90 Å². The molecule has 3 nitrogen and oxygen atoms in total. The molecule has 0 fully saturated rings. The van der Waals surface area contributed by atoms with Crippen LogP contribution < -0.4 is 5.32 Å². The van der Waals surface area contributed by atoms with Gasteiger partial charge in [-0.15, -0.1) is 0 Å². The predicted molar refractivity (Wildman–Crippen MR) is 94.0 cm³/mol. The van der Waals surface area contributed by atoms with Crippen molar-refractivity contribution in [1.82, 2.24) is 5.32 Å². The van der Waals surface area contributed by atoms with Crippen LogP contribution in [0.3, 0.4) is 0 Å². The van der Waals surface area contributed by atoms with Crippen LogP contribution in [0.4, 0.5) is 0 Å². The van der Waals surface area contributed by atoms with E-state index in [2.05, 4.69) is 25.2 Å². The minimum atomic E-state index is -0.896. The summed E-state index contributed by atoms with van der Waals surface area (Å²) in [6, 6.07) is 14.9. The quantitative estimate of drug-likeness (QED) is 0.790. The Labute approximate surface area is 142 Å². The Morgan fingerprint density at radius 3 is 2.43 bits per heavy atom. The van der Waals surface area contributed by atoms with Crippen molar-refractivity contribution in [3.05, 3.63) is 70.2 Å². The highest BCUT2D eigenvalue weighted by Gasteiger charge is 2.18. The monoisotopic (exact) mass is 331 g/mol. The average molecular weight is 332 g/mol. The first-order valence-electron chi connectivity index (χ1n) is 7.63. The molecule has 0 spiro atoms. The summed E-state index contributed by atoms with van der Waals surface area (Å²) in [6.45, 7) is 6.02. The van der Waals surface area contributed by atoms with Crippen molar-refractivity contribution in [2.45, 2.75) is 26.8 Å². The number of nitrogens with one attached hydrogen (secondary N) is 1. The molecule has 0 aromatic heterocycles. The van der Waals surface area contributed by atoms with E-state index in [9.17, 15) is 4.79 Å². The number of benzene rings is 2. The van der Waals surface area contributed by atoms with Gasteiger partial charge >= 0.3 is 5.97 Å². The van der Waals surface area contributed by atoms with Gasteiger partial charge in [-0.2, -0.15) is 0 Å². The van der Waals surface area contributed by atoms with Gasteiger partial charge in [-0.25, -0.2) is 4.79 Å². The average Bonchev–Trinajstić information content (AvgIpc) is 2.47. The zero-order chi connectivity index (χ0) is 16.9. The second-order valence-corrected chi connectivity index (χ2v) is 7.01. The Hall–Kier alpha value is -1.84. The van der Waals surface area contributed by atoms with Crippen LogP contribution in [0.25, 0.3) is 0 Å². The van der Waals surface area contributed by atoms with Gasteiger partial charge in [0.15, 0.2) is 0 Å². The number of hydrogen-bond acceptors (Lipinski definition) is 2. The summed E-state index contributed by atoms with van der Waals surface area (Å²) in [6.07, 6.45) is 0.943. The van der Waals surface area contributed by atoms with Crippen LogP contribution in [0.1, 0.15) is 35.3 Å². The van der Waals surface area contributed by atoms with Crippen molar-refractivity contribution in [3.8, 4) is 0 Å². The number of carbonyl (C=O) groups is 1. The maximum absolute atomic E-state index is 10.8. The molecule has 0 radical (unpaired) electrons. The molecule has 2 rings (SSSR count). The molecule has 2 aromatic carbocycles. The van der Waals surface area contributed by atoms with Gasteiger partial charge in [-0.05, 0) is 47.2 Å². The van der Waals surface area contributed by atoms with Gasteiger partial charge in [0.05, 0.1) is 5.56 Å². The normalized spacial score (nSPS) is 11.4. The smallest absolute Gasteiger partial charge is 0.335 e. The summed E-state index contributed by atoms with van der Waals surface area (Å²) in [4.78, 5) is 10.8. The highest BCUT2D eigenvalue weighted by Crippen LogP contribution is 2.23. The standard InChI is InChI=1S/C19H22ClNO2/c1-19(2,11-15-4-3-5-17(20)10-15)13-21-12-14-6-8-16(9-7-14)18(22)23/h3-10,21H,11-13H2,1-2H3,(H,22,23). The summed E-state index contributed by atoms with van der Waals surface area (Å²) in [7, 11) is 0. The van der Waals surface area contributed by atoms with E-state index in [1.54, 1.807) is 12.1 Å². The Balaban J connectivity index is 1.85. The van der Waals surface area contributed by atoms with E-state index in [0.29, 0.717) is 5.56 Å². The fraction of sp³-hybridized carbons (Fsp3) is 0.316. The van der Waals surface area contributed by atoms with Gasteiger partial charge in [-0.1, -0.05) is 49.7 Å².